The highest BCUT2D eigenvalue weighted by atomic mass is 32.1. The molecule has 108 valence electrons. The van der Waals surface area contributed by atoms with Gasteiger partial charge in [-0.15, -0.1) is 0 Å². The molecule has 0 unspecified atom stereocenters. The number of amides is 3. The fraction of sp³-hybridized carbons (Fsp3) is 0.750. The van der Waals surface area contributed by atoms with Crippen LogP contribution in [0, 0.1) is 0 Å². The van der Waals surface area contributed by atoms with Gasteiger partial charge in [-0.1, -0.05) is 0 Å². The monoisotopic (exact) mass is 288 g/mol. The normalized spacial score (nSPS) is 17.8. The van der Waals surface area contributed by atoms with Crippen molar-refractivity contribution in [1.29, 1.82) is 0 Å². The van der Waals surface area contributed by atoms with Gasteiger partial charge < -0.3 is 4.74 Å². The largest absolute Gasteiger partial charge is 0.444 e. The molecule has 0 aromatic carbocycles. The van der Waals surface area contributed by atoms with Crippen LogP contribution in [-0.4, -0.2) is 51.3 Å². The second kappa shape index (κ2) is 5.03. The van der Waals surface area contributed by atoms with Crippen LogP contribution in [0.4, 0.5) is 4.79 Å². The molecule has 0 atom stereocenters. The zero-order valence-corrected chi connectivity index (χ0v) is 12.8. The molecular weight excluding hydrogens is 268 g/mol. The smallest absolute Gasteiger partial charge is 0.411 e. The summed E-state index contributed by atoms with van der Waals surface area (Å²) in [5, 5.41) is 0. The van der Waals surface area contributed by atoms with Gasteiger partial charge in [0.25, 0.3) is 0 Å². The highest BCUT2D eigenvalue weighted by Gasteiger charge is 2.41. The van der Waals surface area contributed by atoms with E-state index in [1.54, 1.807) is 34.6 Å². The maximum absolute atomic E-state index is 11.9. The first kappa shape index (κ1) is 15.8. The lowest BCUT2D eigenvalue weighted by Gasteiger charge is -2.39. The fourth-order valence-electron chi connectivity index (χ4n) is 1.73. The topological polar surface area (TPSA) is 66.9 Å². The molecule has 0 aliphatic carbocycles. The molecule has 1 heterocycles. The van der Waals surface area contributed by atoms with Gasteiger partial charge >= 0.3 is 6.09 Å². The molecule has 1 fully saturated rings. The Bertz CT molecular complexity index is 391. The Kier molecular flexibility index (Phi) is 4.19. The molecule has 0 aromatic heterocycles. The van der Waals surface area contributed by atoms with Crippen molar-refractivity contribution in [2.75, 3.05) is 13.1 Å². The fourth-order valence-corrected chi connectivity index (χ4v) is 1.95. The molecule has 19 heavy (non-hydrogen) atoms. The summed E-state index contributed by atoms with van der Waals surface area (Å²) in [4.78, 5) is 37.0. The number of hydrogen-bond acceptors (Lipinski definition) is 5. The molecule has 0 spiro atoms. The van der Waals surface area contributed by atoms with Gasteiger partial charge in [0, 0.05) is 0 Å². The molecule has 1 rings (SSSR count). The molecule has 0 radical (unpaired) electrons. The van der Waals surface area contributed by atoms with Crippen LogP contribution in [-0.2, 0) is 14.3 Å². The summed E-state index contributed by atoms with van der Waals surface area (Å²) in [7, 11) is 0. The molecule has 1 aliphatic rings. The predicted octanol–water partition coefficient (Wildman–Crippen LogP) is 1.26. The van der Waals surface area contributed by atoms with Crippen LogP contribution in [0.25, 0.3) is 0 Å². The minimum atomic E-state index is -0.881. The highest BCUT2D eigenvalue weighted by molar-refractivity contribution is 7.81. The predicted molar refractivity (Wildman–Crippen MR) is 72.7 cm³/mol. The minimum Gasteiger partial charge on any atom is -0.444 e. The van der Waals surface area contributed by atoms with Crippen molar-refractivity contribution in [3.8, 4) is 0 Å². The summed E-state index contributed by atoms with van der Waals surface area (Å²) in [6, 6.07) is 0. The number of piperazine rings is 1. The Balaban J connectivity index is 2.79. The summed E-state index contributed by atoms with van der Waals surface area (Å²) >= 11 is 4.22. The molecule has 0 N–H and O–H groups in total. The van der Waals surface area contributed by atoms with Crippen molar-refractivity contribution >= 4 is 30.5 Å². The number of imide groups is 1. The Morgan fingerprint density at radius 3 is 1.84 bits per heavy atom. The van der Waals surface area contributed by atoms with Crippen molar-refractivity contribution in [2.45, 2.75) is 45.1 Å². The van der Waals surface area contributed by atoms with Crippen LogP contribution in [0.2, 0.25) is 0 Å². The van der Waals surface area contributed by atoms with E-state index in [1.165, 1.54) is 0 Å². The third-order valence-corrected chi connectivity index (χ3v) is 2.55. The summed E-state index contributed by atoms with van der Waals surface area (Å²) < 4.78 is 5.14. The van der Waals surface area contributed by atoms with Crippen LogP contribution < -0.4 is 0 Å². The van der Waals surface area contributed by atoms with E-state index in [1.807, 2.05) is 0 Å². The maximum Gasteiger partial charge on any atom is 0.411 e. The van der Waals surface area contributed by atoms with Gasteiger partial charge in [0.05, 0.1) is 4.87 Å². The van der Waals surface area contributed by atoms with Gasteiger partial charge in [0.2, 0.25) is 11.8 Å². The summed E-state index contributed by atoms with van der Waals surface area (Å²) in [6.45, 7) is 8.12. The summed E-state index contributed by atoms with van der Waals surface area (Å²) in [6.07, 6.45) is -0.661. The third kappa shape index (κ3) is 4.12. The number of nitrogens with zero attached hydrogens (tertiary/aromatic N) is 2. The second-order valence-corrected chi connectivity index (χ2v) is 7.05. The quantitative estimate of drug-likeness (QED) is 0.582. The second-order valence-electron chi connectivity index (χ2n) is 5.95. The van der Waals surface area contributed by atoms with Gasteiger partial charge in [-0.25, -0.2) is 4.79 Å². The molecule has 0 saturated carbocycles. The number of rotatable bonds is 1. The van der Waals surface area contributed by atoms with E-state index in [2.05, 4.69) is 12.6 Å². The number of ether oxygens (including phenoxy) is 1. The lowest BCUT2D eigenvalue weighted by molar-refractivity contribution is -0.154. The molecule has 0 aromatic rings. The van der Waals surface area contributed by atoms with Crippen molar-refractivity contribution in [1.82, 2.24) is 9.80 Å². The van der Waals surface area contributed by atoms with Crippen molar-refractivity contribution < 1.29 is 19.1 Å². The maximum atomic E-state index is 11.9. The van der Waals surface area contributed by atoms with Crippen LogP contribution in [0.15, 0.2) is 0 Å². The molecular formula is C12H20N2O4S. The van der Waals surface area contributed by atoms with Gasteiger partial charge in [-0.2, -0.15) is 12.6 Å². The number of hydrogen-bond donors (Lipinski definition) is 1. The highest BCUT2D eigenvalue weighted by Crippen LogP contribution is 2.23. The van der Waals surface area contributed by atoms with E-state index in [-0.39, 0.29) is 13.1 Å². The van der Waals surface area contributed by atoms with E-state index >= 15 is 0 Å². The van der Waals surface area contributed by atoms with E-state index in [0.29, 0.717) is 0 Å². The first-order valence-corrected chi connectivity index (χ1v) is 6.43. The lowest BCUT2D eigenvalue weighted by Crippen LogP contribution is -2.60. The van der Waals surface area contributed by atoms with Crippen molar-refractivity contribution in [2.24, 2.45) is 0 Å². The van der Waals surface area contributed by atoms with Gasteiger partial charge in [-0.3, -0.25) is 19.4 Å². The number of thiol groups is 1. The number of carbonyl (C=O) groups is 3. The molecule has 6 nitrogen and oxygen atoms in total. The van der Waals surface area contributed by atoms with Crippen LogP contribution in [0.3, 0.4) is 0 Å². The third-order valence-electron chi connectivity index (χ3n) is 2.35. The first-order valence-electron chi connectivity index (χ1n) is 5.98. The van der Waals surface area contributed by atoms with Crippen molar-refractivity contribution in [3.63, 3.8) is 0 Å². The van der Waals surface area contributed by atoms with Gasteiger partial charge in [0.1, 0.15) is 18.7 Å². The Labute approximate surface area is 118 Å². The molecule has 1 aliphatic heterocycles. The van der Waals surface area contributed by atoms with Crippen LogP contribution >= 0.6 is 12.6 Å². The first-order chi connectivity index (χ1) is 8.42. The molecule has 3 amide bonds. The standard InChI is InChI=1S/C12H20N2O4S/c1-11(2,3)18-10(17)13-6-8(15)14(9(16)7-13)12(4,5)19/h19H,6-7H2,1-5H3. The summed E-state index contributed by atoms with van der Waals surface area (Å²) in [5.41, 5.74) is -0.664. The number of carbonyl (C=O) groups excluding carboxylic acids is 3. The Morgan fingerprint density at radius 2 is 1.53 bits per heavy atom. The van der Waals surface area contributed by atoms with E-state index in [4.69, 9.17) is 4.74 Å². The SMILES string of the molecule is CC(C)(C)OC(=O)N1CC(=O)N(C(C)(C)S)C(=O)C1. The summed E-state index contributed by atoms with van der Waals surface area (Å²) in [5.74, 6) is -0.913. The molecule has 1 saturated heterocycles. The van der Waals surface area contributed by atoms with E-state index < -0.39 is 28.4 Å². The average molecular weight is 288 g/mol. The average Bonchev–Trinajstić information content (AvgIpc) is 2.10. The molecule has 7 heteroatoms. The molecule has 0 bridgehead atoms. The van der Waals surface area contributed by atoms with Crippen LogP contribution in [0.1, 0.15) is 34.6 Å². The zero-order valence-electron chi connectivity index (χ0n) is 11.9. The van der Waals surface area contributed by atoms with Crippen LogP contribution in [0.5, 0.6) is 0 Å². The Hall–Kier alpha value is -1.24. The Morgan fingerprint density at radius 1 is 1.11 bits per heavy atom. The van der Waals surface area contributed by atoms with Crippen molar-refractivity contribution in [3.05, 3.63) is 0 Å². The van der Waals surface area contributed by atoms with E-state index in [0.717, 1.165) is 9.80 Å². The van der Waals surface area contributed by atoms with Gasteiger partial charge in [0.15, 0.2) is 0 Å². The lowest BCUT2D eigenvalue weighted by atomic mass is 10.2. The minimum absolute atomic E-state index is 0.176. The zero-order chi connectivity index (χ0) is 15.0. The van der Waals surface area contributed by atoms with Gasteiger partial charge in [-0.05, 0) is 34.6 Å². The van der Waals surface area contributed by atoms with E-state index in [9.17, 15) is 14.4 Å².